The van der Waals surface area contributed by atoms with Crippen LogP contribution in [0.15, 0.2) is 18.2 Å². The zero-order valence-electron chi connectivity index (χ0n) is 16.2. The van der Waals surface area contributed by atoms with Crippen molar-refractivity contribution in [2.24, 2.45) is 0 Å². The number of nitrogens with one attached hydrogen (secondary N) is 1. The Balaban J connectivity index is 1.57. The number of piperazine rings is 1. The van der Waals surface area contributed by atoms with Gasteiger partial charge in [0.15, 0.2) is 0 Å². The van der Waals surface area contributed by atoms with Crippen LogP contribution in [0.25, 0.3) is 0 Å². The Morgan fingerprint density at radius 1 is 1.15 bits per heavy atom. The zero-order valence-corrected chi connectivity index (χ0v) is 16.2. The van der Waals surface area contributed by atoms with Crippen molar-refractivity contribution in [1.29, 1.82) is 0 Å². The van der Waals surface area contributed by atoms with Gasteiger partial charge in [-0.05, 0) is 51.0 Å². The van der Waals surface area contributed by atoms with Crippen molar-refractivity contribution in [3.63, 3.8) is 0 Å². The summed E-state index contributed by atoms with van der Waals surface area (Å²) in [6, 6.07) is 5.07. The minimum atomic E-state index is -0.407. The minimum Gasteiger partial charge on any atom is -0.491 e. The minimum absolute atomic E-state index is 0.0320. The Morgan fingerprint density at radius 3 is 2.37 bits per heavy atom. The van der Waals surface area contributed by atoms with Gasteiger partial charge in [0, 0.05) is 38.2 Å². The molecule has 0 aromatic heterocycles. The number of rotatable bonds is 4. The van der Waals surface area contributed by atoms with E-state index in [2.05, 4.69) is 5.32 Å². The number of amides is 3. The second-order valence-electron chi connectivity index (χ2n) is 7.42. The topological polar surface area (TPSA) is 79.0 Å². The van der Waals surface area contributed by atoms with Crippen LogP contribution in [0.4, 0.5) is 0 Å². The van der Waals surface area contributed by atoms with Crippen LogP contribution in [0.2, 0.25) is 0 Å². The van der Waals surface area contributed by atoms with Crippen LogP contribution in [-0.2, 0) is 9.59 Å². The van der Waals surface area contributed by atoms with Gasteiger partial charge in [-0.1, -0.05) is 0 Å². The molecule has 2 aliphatic rings. The fraction of sp³-hybridized carbons (Fsp3) is 0.550. The van der Waals surface area contributed by atoms with Crippen LogP contribution in [0.3, 0.4) is 0 Å². The first kappa shape index (κ1) is 19.2. The molecule has 0 spiro atoms. The normalized spacial score (nSPS) is 20.0. The summed E-state index contributed by atoms with van der Waals surface area (Å²) >= 11 is 0. The van der Waals surface area contributed by atoms with E-state index in [1.807, 2.05) is 32.9 Å². The average molecular weight is 373 g/mol. The number of carbonyl (C=O) groups excluding carboxylic acids is 3. The largest absolute Gasteiger partial charge is 0.491 e. The molecular weight excluding hydrogens is 346 g/mol. The smallest absolute Gasteiger partial charge is 0.253 e. The van der Waals surface area contributed by atoms with Crippen molar-refractivity contribution in [2.45, 2.75) is 45.8 Å². The fourth-order valence-electron chi connectivity index (χ4n) is 3.50. The van der Waals surface area contributed by atoms with E-state index in [1.54, 1.807) is 15.9 Å². The van der Waals surface area contributed by atoms with Crippen LogP contribution in [0.1, 0.15) is 42.6 Å². The maximum absolute atomic E-state index is 12.8. The van der Waals surface area contributed by atoms with Gasteiger partial charge in [0.2, 0.25) is 11.8 Å². The maximum atomic E-state index is 12.8. The van der Waals surface area contributed by atoms with Crippen molar-refractivity contribution >= 4 is 17.7 Å². The first-order valence-electron chi connectivity index (χ1n) is 9.50. The molecule has 2 fully saturated rings. The third kappa shape index (κ3) is 4.40. The summed E-state index contributed by atoms with van der Waals surface area (Å²) in [6.45, 7) is 7.84. The molecule has 27 heavy (non-hydrogen) atoms. The van der Waals surface area contributed by atoms with E-state index in [9.17, 15) is 14.4 Å². The van der Waals surface area contributed by atoms with Crippen molar-refractivity contribution in [1.82, 2.24) is 15.1 Å². The van der Waals surface area contributed by atoms with Crippen molar-refractivity contribution in [3.05, 3.63) is 29.3 Å². The quantitative estimate of drug-likeness (QED) is 0.864. The number of hydrogen-bond acceptors (Lipinski definition) is 4. The van der Waals surface area contributed by atoms with Gasteiger partial charge in [-0.15, -0.1) is 0 Å². The first-order valence-corrected chi connectivity index (χ1v) is 9.50. The highest BCUT2D eigenvalue weighted by Gasteiger charge is 2.33. The number of aryl methyl sites for hydroxylation is 1. The third-order valence-corrected chi connectivity index (χ3v) is 4.96. The van der Waals surface area contributed by atoms with E-state index in [-0.39, 0.29) is 23.8 Å². The summed E-state index contributed by atoms with van der Waals surface area (Å²) in [5, 5.41) is 2.71. The predicted molar refractivity (Wildman–Crippen MR) is 101 cm³/mol. The SMILES string of the molecule is Cc1cc(C(=O)N2CCN(C(=O)C3CCC(=O)N3)CC2)ccc1OC(C)C. The van der Waals surface area contributed by atoms with Gasteiger partial charge in [0.05, 0.1) is 6.10 Å². The molecule has 0 radical (unpaired) electrons. The molecule has 0 aliphatic carbocycles. The molecule has 146 valence electrons. The van der Waals surface area contributed by atoms with Crippen LogP contribution < -0.4 is 10.1 Å². The maximum Gasteiger partial charge on any atom is 0.253 e. The molecule has 2 saturated heterocycles. The molecule has 2 heterocycles. The molecule has 2 aliphatic heterocycles. The van der Waals surface area contributed by atoms with Crippen molar-refractivity contribution in [2.75, 3.05) is 26.2 Å². The van der Waals surface area contributed by atoms with Gasteiger partial charge in [-0.2, -0.15) is 0 Å². The fourth-order valence-corrected chi connectivity index (χ4v) is 3.50. The molecule has 1 atom stereocenters. The molecule has 1 aromatic rings. The van der Waals surface area contributed by atoms with E-state index in [0.29, 0.717) is 44.6 Å². The number of carbonyl (C=O) groups is 3. The van der Waals surface area contributed by atoms with E-state index in [1.165, 1.54) is 0 Å². The van der Waals surface area contributed by atoms with Crippen LogP contribution >= 0.6 is 0 Å². The lowest BCUT2D eigenvalue weighted by Crippen LogP contribution is -2.54. The van der Waals surface area contributed by atoms with E-state index >= 15 is 0 Å². The van der Waals surface area contributed by atoms with Crippen molar-refractivity contribution < 1.29 is 19.1 Å². The number of hydrogen-bond donors (Lipinski definition) is 1. The highest BCUT2D eigenvalue weighted by atomic mass is 16.5. The van der Waals surface area contributed by atoms with E-state index < -0.39 is 6.04 Å². The Labute approximate surface area is 159 Å². The highest BCUT2D eigenvalue weighted by Crippen LogP contribution is 2.22. The summed E-state index contributed by atoms with van der Waals surface area (Å²) in [5.41, 5.74) is 1.56. The third-order valence-electron chi connectivity index (χ3n) is 4.96. The van der Waals surface area contributed by atoms with Crippen LogP contribution in [0, 0.1) is 6.92 Å². The highest BCUT2D eigenvalue weighted by molar-refractivity contribution is 5.95. The summed E-state index contributed by atoms with van der Waals surface area (Å²) in [6.07, 6.45) is 1.05. The molecule has 7 heteroatoms. The molecule has 0 bridgehead atoms. The number of benzene rings is 1. The molecule has 3 amide bonds. The summed E-state index contributed by atoms with van der Waals surface area (Å²) in [4.78, 5) is 40.1. The van der Waals surface area contributed by atoms with Gasteiger partial charge in [-0.3, -0.25) is 14.4 Å². The Bertz CT molecular complexity index is 739. The molecule has 1 N–H and O–H groups in total. The predicted octanol–water partition coefficient (Wildman–Crippen LogP) is 1.35. The number of ether oxygens (including phenoxy) is 1. The molecule has 7 nitrogen and oxygen atoms in total. The Kier molecular flexibility index (Phi) is 5.68. The van der Waals surface area contributed by atoms with E-state index in [0.717, 1.165) is 11.3 Å². The molecule has 0 saturated carbocycles. The van der Waals surface area contributed by atoms with E-state index in [4.69, 9.17) is 4.74 Å². The molecule has 1 unspecified atom stereocenters. The Morgan fingerprint density at radius 2 is 1.81 bits per heavy atom. The molecular formula is C20H27N3O4. The Hall–Kier alpha value is -2.57. The summed E-state index contributed by atoms with van der Waals surface area (Å²) in [7, 11) is 0. The standard InChI is InChI=1S/C20H27N3O4/c1-13(2)27-17-6-4-15(12-14(17)3)19(25)22-8-10-23(11-9-22)20(26)16-5-7-18(24)21-16/h4,6,12-13,16H,5,7-11H2,1-3H3,(H,21,24). The number of nitrogens with zero attached hydrogens (tertiary/aromatic N) is 2. The van der Waals surface area contributed by atoms with Gasteiger partial charge < -0.3 is 19.9 Å². The van der Waals surface area contributed by atoms with Gasteiger partial charge in [0.1, 0.15) is 11.8 Å². The van der Waals surface area contributed by atoms with Gasteiger partial charge >= 0.3 is 0 Å². The lowest BCUT2D eigenvalue weighted by molar-refractivity contribution is -0.135. The van der Waals surface area contributed by atoms with Gasteiger partial charge in [0.25, 0.3) is 5.91 Å². The monoisotopic (exact) mass is 373 g/mol. The second kappa shape index (κ2) is 7.98. The van der Waals surface area contributed by atoms with Gasteiger partial charge in [-0.25, -0.2) is 0 Å². The first-order chi connectivity index (χ1) is 12.8. The lowest BCUT2D eigenvalue weighted by atomic mass is 10.1. The van der Waals surface area contributed by atoms with Crippen LogP contribution in [-0.4, -0.2) is 65.8 Å². The van der Waals surface area contributed by atoms with Crippen LogP contribution in [0.5, 0.6) is 5.75 Å². The zero-order chi connectivity index (χ0) is 19.6. The summed E-state index contributed by atoms with van der Waals surface area (Å²) in [5.74, 6) is 0.646. The summed E-state index contributed by atoms with van der Waals surface area (Å²) < 4.78 is 5.72. The average Bonchev–Trinajstić information content (AvgIpc) is 3.08. The van der Waals surface area contributed by atoms with Crippen molar-refractivity contribution in [3.8, 4) is 5.75 Å². The second-order valence-corrected chi connectivity index (χ2v) is 7.42. The molecule has 3 rings (SSSR count). The lowest BCUT2D eigenvalue weighted by Gasteiger charge is -2.36. The molecule has 1 aromatic carbocycles.